The molecule has 1 saturated heterocycles. The van der Waals surface area contributed by atoms with Gasteiger partial charge in [-0.25, -0.2) is 9.78 Å². The molecule has 1 aliphatic heterocycles. The summed E-state index contributed by atoms with van der Waals surface area (Å²) in [6.45, 7) is 6.02. The van der Waals surface area contributed by atoms with E-state index in [1.165, 1.54) is 22.9 Å². The van der Waals surface area contributed by atoms with E-state index in [2.05, 4.69) is 10.1 Å². The number of hydrogen-bond acceptors (Lipinski definition) is 8. The highest BCUT2D eigenvalue weighted by molar-refractivity contribution is 5.66. The molecule has 0 unspecified atom stereocenters. The highest BCUT2D eigenvalue weighted by atomic mass is 16.6. The molecule has 0 bridgehead atoms. The van der Waals surface area contributed by atoms with Crippen LogP contribution in [0.1, 0.15) is 37.9 Å². The third kappa shape index (κ3) is 3.45. The van der Waals surface area contributed by atoms with Gasteiger partial charge in [0.25, 0.3) is 0 Å². The molecular formula is C16H20N4O6. The van der Waals surface area contributed by atoms with E-state index >= 15 is 0 Å². The number of carbonyl (C=O) groups is 2. The van der Waals surface area contributed by atoms with Crippen LogP contribution in [0.5, 0.6) is 0 Å². The van der Waals surface area contributed by atoms with E-state index in [1.54, 1.807) is 13.1 Å². The van der Waals surface area contributed by atoms with Crippen LogP contribution in [0.25, 0.3) is 5.65 Å². The molecule has 0 aliphatic carbocycles. The van der Waals surface area contributed by atoms with Gasteiger partial charge >= 0.3 is 17.6 Å². The fourth-order valence-corrected chi connectivity index (χ4v) is 3.00. The second-order valence-corrected chi connectivity index (χ2v) is 6.21. The van der Waals surface area contributed by atoms with Crippen LogP contribution in [0, 0.1) is 13.8 Å². The van der Waals surface area contributed by atoms with Gasteiger partial charge in [0.05, 0.1) is 0 Å². The van der Waals surface area contributed by atoms with E-state index in [-0.39, 0.29) is 13.0 Å². The average Bonchev–Trinajstić information content (AvgIpc) is 3.12. The SMILES string of the molecule is CC(=O)OC[C@H]1O[C@@H](n2cc(C)c3nc(C)nn3c2=O)C[C@@H]1OC(C)=O. The third-order valence-electron chi connectivity index (χ3n) is 4.06. The molecule has 0 aromatic carbocycles. The van der Waals surface area contributed by atoms with Crippen molar-refractivity contribution in [2.75, 3.05) is 6.61 Å². The average molecular weight is 364 g/mol. The van der Waals surface area contributed by atoms with Gasteiger partial charge in [0.15, 0.2) is 5.65 Å². The normalized spacial score (nSPS) is 22.5. The van der Waals surface area contributed by atoms with Gasteiger partial charge in [0.1, 0.15) is 30.9 Å². The number of hydrogen-bond donors (Lipinski definition) is 0. The number of nitrogens with zero attached hydrogens (tertiary/aromatic N) is 4. The van der Waals surface area contributed by atoms with Gasteiger partial charge in [-0.1, -0.05) is 0 Å². The van der Waals surface area contributed by atoms with Crippen LogP contribution in [0.4, 0.5) is 0 Å². The quantitative estimate of drug-likeness (QED) is 0.711. The lowest BCUT2D eigenvalue weighted by Crippen LogP contribution is -2.32. The zero-order valence-electron chi connectivity index (χ0n) is 15.0. The van der Waals surface area contributed by atoms with E-state index in [1.807, 2.05) is 6.92 Å². The minimum absolute atomic E-state index is 0.0673. The maximum absolute atomic E-state index is 12.7. The number of aromatic nitrogens is 4. The van der Waals surface area contributed by atoms with Crippen LogP contribution < -0.4 is 5.69 Å². The maximum Gasteiger partial charge on any atom is 0.352 e. The number of fused-ring (bicyclic) bond motifs is 1. The van der Waals surface area contributed by atoms with Gasteiger partial charge in [-0.2, -0.15) is 4.52 Å². The molecule has 3 heterocycles. The Kier molecular flexibility index (Phi) is 4.77. The van der Waals surface area contributed by atoms with Crippen molar-refractivity contribution in [2.45, 2.75) is 52.6 Å². The van der Waals surface area contributed by atoms with Gasteiger partial charge in [0, 0.05) is 32.0 Å². The summed E-state index contributed by atoms with van der Waals surface area (Å²) < 4.78 is 18.7. The highest BCUT2D eigenvalue weighted by Gasteiger charge is 2.40. The molecule has 1 aliphatic rings. The third-order valence-corrected chi connectivity index (χ3v) is 4.06. The highest BCUT2D eigenvalue weighted by Crippen LogP contribution is 2.30. The Morgan fingerprint density at radius 1 is 1.31 bits per heavy atom. The molecule has 10 nitrogen and oxygen atoms in total. The van der Waals surface area contributed by atoms with Crippen molar-refractivity contribution in [3.63, 3.8) is 0 Å². The van der Waals surface area contributed by atoms with Crippen LogP contribution >= 0.6 is 0 Å². The van der Waals surface area contributed by atoms with Crippen molar-refractivity contribution < 1.29 is 23.8 Å². The van der Waals surface area contributed by atoms with Crippen LogP contribution in [-0.4, -0.2) is 49.9 Å². The molecule has 10 heteroatoms. The second kappa shape index (κ2) is 6.87. The van der Waals surface area contributed by atoms with Crippen molar-refractivity contribution >= 4 is 17.6 Å². The molecule has 0 saturated carbocycles. The fourth-order valence-electron chi connectivity index (χ4n) is 3.00. The molecule has 0 radical (unpaired) electrons. The zero-order chi connectivity index (χ0) is 19.0. The number of carbonyl (C=O) groups excluding carboxylic acids is 2. The molecule has 0 amide bonds. The standard InChI is InChI=1S/C16H20N4O6/c1-8-6-19(16(23)20-15(8)17-9(2)18-20)14-5-12(25-11(4)22)13(26-14)7-24-10(3)21/h6,12-14H,5,7H2,1-4H3/t12-,13+,14+/m0/s1. The summed E-state index contributed by atoms with van der Waals surface area (Å²) in [5.41, 5.74) is 0.821. The number of ether oxygens (including phenoxy) is 3. The summed E-state index contributed by atoms with van der Waals surface area (Å²) in [7, 11) is 0. The first-order valence-corrected chi connectivity index (χ1v) is 8.17. The Hall–Kier alpha value is -2.75. The second-order valence-electron chi connectivity index (χ2n) is 6.21. The lowest BCUT2D eigenvalue weighted by atomic mass is 10.2. The van der Waals surface area contributed by atoms with Crippen molar-refractivity contribution in [1.82, 2.24) is 19.2 Å². The molecule has 2 aromatic rings. The minimum Gasteiger partial charge on any atom is -0.463 e. The molecule has 0 N–H and O–H groups in total. The van der Waals surface area contributed by atoms with E-state index < -0.39 is 36.1 Å². The Morgan fingerprint density at radius 3 is 2.69 bits per heavy atom. The lowest BCUT2D eigenvalue weighted by Gasteiger charge is -2.17. The maximum atomic E-state index is 12.7. The van der Waals surface area contributed by atoms with Crippen LogP contribution in [0.3, 0.4) is 0 Å². The molecule has 26 heavy (non-hydrogen) atoms. The van der Waals surface area contributed by atoms with Crippen molar-refractivity contribution in [3.8, 4) is 0 Å². The van der Waals surface area contributed by atoms with E-state index in [4.69, 9.17) is 14.2 Å². The van der Waals surface area contributed by atoms with Gasteiger partial charge in [-0.3, -0.25) is 14.2 Å². The summed E-state index contributed by atoms with van der Waals surface area (Å²) in [6, 6.07) is 0. The van der Waals surface area contributed by atoms with Crippen molar-refractivity contribution in [1.29, 1.82) is 0 Å². The first kappa shape index (κ1) is 18.1. The topological polar surface area (TPSA) is 114 Å². The predicted octanol–water partition coefficient (Wildman–Crippen LogP) is 0.290. The molecule has 140 valence electrons. The lowest BCUT2D eigenvalue weighted by molar-refractivity contribution is -0.155. The molecule has 0 spiro atoms. The summed E-state index contributed by atoms with van der Waals surface area (Å²) in [6.07, 6.45) is -0.0788. The largest absolute Gasteiger partial charge is 0.463 e. The van der Waals surface area contributed by atoms with E-state index in [9.17, 15) is 14.4 Å². The van der Waals surface area contributed by atoms with Gasteiger partial charge in [-0.15, -0.1) is 5.10 Å². The first-order chi connectivity index (χ1) is 12.3. The number of aryl methyl sites for hydroxylation is 2. The van der Waals surface area contributed by atoms with Gasteiger partial charge in [0.2, 0.25) is 0 Å². The van der Waals surface area contributed by atoms with Crippen molar-refractivity contribution in [2.24, 2.45) is 0 Å². The van der Waals surface area contributed by atoms with Gasteiger partial charge in [-0.05, 0) is 13.8 Å². The van der Waals surface area contributed by atoms with E-state index in [0.29, 0.717) is 11.5 Å². The summed E-state index contributed by atoms with van der Waals surface area (Å²) in [5.74, 6) is -0.454. The molecule has 2 aromatic heterocycles. The number of rotatable bonds is 4. The summed E-state index contributed by atoms with van der Waals surface area (Å²) >= 11 is 0. The van der Waals surface area contributed by atoms with Crippen LogP contribution in [0.2, 0.25) is 0 Å². The summed E-state index contributed by atoms with van der Waals surface area (Å²) in [5, 5.41) is 4.11. The van der Waals surface area contributed by atoms with Crippen molar-refractivity contribution in [3.05, 3.63) is 28.1 Å². The minimum atomic E-state index is -0.681. The molecule has 3 rings (SSSR count). The Labute approximate surface area is 148 Å². The molecule has 3 atom stereocenters. The monoisotopic (exact) mass is 364 g/mol. The van der Waals surface area contributed by atoms with Crippen LogP contribution in [0.15, 0.2) is 11.0 Å². The Morgan fingerprint density at radius 2 is 2.04 bits per heavy atom. The van der Waals surface area contributed by atoms with Gasteiger partial charge < -0.3 is 14.2 Å². The zero-order valence-corrected chi connectivity index (χ0v) is 15.0. The number of esters is 2. The summed E-state index contributed by atoms with van der Waals surface area (Å²) in [4.78, 5) is 39.4. The first-order valence-electron chi connectivity index (χ1n) is 8.17. The Balaban J connectivity index is 1.92. The Bertz CT molecular complexity index is 917. The van der Waals surface area contributed by atoms with Crippen LogP contribution in [-0.2, 0) is 23.8 Å². The fraction of sp³-hybridized carbons (Fsp3) is 0.562. The van der Waals surface area contributed by atoms with E-state index in [0.717, 1.165) is 5.56 Å². The molecule has 1 fully saturated rings. The predicted molar refractivity (Wildman–Crippen MR) is 87.4 cm³/mol. The molecular weight excluding hydrogens is 344 g/mol. The smallest absolute Gasteiger partial charge is 0.352 e.